The van der Waals surface area contributed by atoms with E-state index in [0.29, 0.717) is 12.0 Å². The Morgan fingerprint density at radius 3 is 2.78 bits per heavy atom. The molecule has 0 fully saturated rings. The van der Waals surface area contributed by atoms with Crippen LogP contribution >= 0.6 is 0 Å². The molecule has 0 spiro atoms. The van der Waals surface area contributed by atoms with Gasteiger partial charge in [0.1, 0.15) is 6.04 Å². The van der Waals surface area contributed by atoms with E-state index in [9.17, 15) is 13.2 Å². The Hall–Kier alpha value is -1.33. The molecule has 1 aliphatic rings. The average Bonchev–Trinajstić information content (AvgIpc) is 2.78. The minimum Gasteiger partial charge on any atom is -0.239 e. The molecule has 3 nitrogen and oxygen atoms in total. The number of allylic oxidation sites excluding steroid dienone is 1. The zero-order valence-electron chi connectivity index (χ0n) is 10.5. The SMILES string of the molecule is C=C(CCC)c1nc2n(n1)C(C(C)(F)F)CC2F. The summed E-state index contributed by atoms with van der Waals surface area (Å²) in [6.45, 7) is 6.54. The van der Waals surface area contributed by atoms with Gasteiger partial charge in [-0.2, -0.15) is 5.10 Å². The van der Waals surface area contributed by atoms with Crippen molar-refractivity contribution in [2.45, 2.75) is 51.2 Å². The van der Waals surface area contributed by atoms with E-state index in [1.54, 1.807) is 0 Å². The Bertz CT molecular complexity index is 462. The fourth-order valence-electron chi connectivity index (χ4n) is 2.16. The monoisotopic (exact) mass is 259 g/mol. The van der Waals surface area contributed by atoms with Gasteiger partial charge in [-0.05, 0) is 12.0 Å². The molecule has 2 rings (SSSR count). The van der Waals surface area contributed by atoms with E-state index in [1.807, 2.05) is 6.92 Å². The highest BCUT2D eigenvalue weighted by atomic mass is 19.3. The van der Waals surface area contributed by atoms with Crippen molar-refractivity contribution in [2.75, 3.05) is 0 Å². The first-order valence-corrected chi connectivity index (χ1v) is 6.01. The minimum absolute atomic E-state index is 0.00576. The number of hydrogen-bond acceptors (Lipinski definition) is 2. The number of rotatable bonds is 4. The second kappa shape index (κ2) is 4.40. The standard InChI is InChI=1S/C12H16F3N3/c1-4-5-7(2)10-16-11-8(13)6-9(12(3,14)15)18(11)17-10/h8-9H,2,4-6H2,1,3H3. The number of aromatic nitrogens is 3. The van der Waals surface area contributed by atoms with Crippen molar-refractivity contribution in [3.05, 3.63) is 18.2 Å². The predicted molar refractivity (Wildman–Crippen MR) is 62.1 cm³/mol. The Morgan fingerprint density at radius 1 is 1.56 bits per heavy atom. The van der Waals surface area contributed by atoms with Crippen molar-refractivity contribution in [1.29, 1.82) is 0 Å². The third-order valence-corrected chi connectivity index (χ3v) is 3.12. The highest BCUT2D eigenvalue weighted by molar-refractivity contribution is 5.56. The zero-order chi connectivity index (χ0) is 13.5. The van der Waals surface area contributed by atoms with Crippen LogP contribution in [-0.2, 0) is 0 Å². The Kier molecular flexibility index (Phi) is 3.21. The molecule has 0 N–H and O–H groups in total. The van der Waals surface area contributed by atoms with Gasteiger partial charge in [-0.15, -0.1) is 0 Å². The molecule has 2 unspecified atom stereocenters. The second-order valence-corrected chi connectivity index (χ2v) is 4.77. The van der Waals surface area contributed by atoms with Gasteiger partial charge in [0.15, 0.2) is 17.8 Å². The lowest BCUT2D eigenvalue weighted by molar-refractivity contribution is -0.0371. The molecule has 2 heterocycles. The van der Waals surface area contributed by atoms with Gasteiger partial charge in [0.05, 0.1) is 0 Å². The van der Waals surface area contributed by atoms with Gasteiger partial charge >= 0.3 is 0 Å². The van der Waals surface area contributed by atoms with E-state index in [1.165, 1.54) is 0 Å². The molecule has 1 aromatic rings. The highest BCUT2D eigenvalue weighted by Crippen LogP contribution is 2.43. The maximum absolute atomic E-state index is 13.7. The van der Waals surface area contributed by atoms with Crippen molar-refractivity contribution in [2.24, 2.45) is 0 Å². The van der Waals surface area contributed by atoms with E-state index in [-0.39, 0.29) is 18.1 Å². The molecule has 0 saturated heterocycles. The van der Waals surface area contributed by atoms with Gasteiger partial charge in [0.25, 0.3) is 5.92 Å². The summed E-state index contributed by atoms with van der Waals surface area (Å²) < 4.78 is 41.4. The minimum atomic E-state index is -3.01. The Balaban J connectivity index is 2.34. The van der Waals surface area contributed by atoms with Crippen molar-refractivity contribution < 1.29 is 13.2 Å². The largest absolute Gasteiger partial charge is 0.267 e. The second-order valence-electron chi connectivity index (χ2n) is 4.77. The summed E-state index contributed by atoms with van der Waals surface area (Å²) >= 11 is 0. The summed E-state index contributed by atoms with van der Waals surface area (Å²) in [6, 6.07) is -1.25. The van der Waals surface area contributed by atoms with Crippen LogP contribution in [0.5, 0.6) is 0 Å². The first-order chi connectivity index (χ1) is 8.34. The smallest absolute Gasteiger partial charge is 0.239 e. The Labute approximate surface area is 104 Å². The maximum Gasteiger partial charge on any atom is 0.267 e. The summed E-state index contributed by atoms with van der Waals surface area (Å²) in [6.07, 6.45) is -0.210. The summed E-state index contributed by atoms with van der Waals surface area (Å²) in [5.41, 5.74) is 0.657. The van der Waals surface area contributed by atoms with Crippen LogP contribution in [0, 0.1) is 0 Å². The average molecular weight is 259 g/mol. The van der Waals surface area contributed by atoms with Crippen molar-refractivity contribution >= 4 is 5.57 Å². The van der Waals surface area contributed by atoms with Gasteiger partial charge in [-0.25, -0.2) is 22.8 Å². The number of alkyl halides is 3. The third-order valence-electron chi connectivity index (χ3n) is 3.12. The topological polar surface area (TPSA) is 30.7 Å². The van der Waals surface area contributed by atoms with Crippen molar-refractivity contribution in [3.63, 3.8) is 0 Å². The van der Waals surface area contributed by atoms with Crippen molar-refractivity contribution in [3.8, 4) is 0 Å². The number of fused-ring (bicyclic) bond motifs is 1. The van der Waals surface area contributed by atoms with Crippen LogP contribution in [0.3, 0.4) is 0 Å². The van der Waals surface area contributed by atoms with Crippen LogP contribution in [0.15, 0.2) is 6.58 Å². The van der Waals surface area contributed by atoms with Crippen LogP contribution in [0.2, 0.25) is 0 Å². The fourth-order valence-corrected chi connectivity index (χ4v) is 2.16. The molecule has 0 aliphatic carbocycles. The number of hydrogen-bond donors (Lipinski definition) is 0. The zero-order valence-corrected chi connectivity index (χ0v) is 10.5. The predicted octanol–water partition coefficient (Wildman–Crippen LogP) is 3.70. The number of nitrogens with zero attached hydrogens (tertiary/aromatic N) is 3. The van der Waals surface area contributed by atoms with Crippen molar-refractivity contribution in [1.82, 2.24) is 14.8 Å². The van der Waals surface area contributed by atoms with Gasteiger partial charge in [-0.1, -0.05) is 19.9 Å². The van der Waals surface area contributed by atoms with E-state index < -0.39 is 18.1 Å². The summed E-state index contributed by atoms with van der Waals surface area (Å²) in [7, 11) is 0. The fraction of sp³-hybridized carbons (Fsp3) is 0.667. The summed E-state index contributed by atoms with van der Waals surface area (Å²) in [5, 5.41) is 3.99. The molecule has 0 radical (unpaired) electrons. The van der Waals surface area contributed by atoms with Gasteiger partial charge < -0.3 is 0 Å². The molecule has 6 heteroatoms. The first kappa shape index (κ1) is 13.1. The highest BCUT2D eigenvalue weighted by Gasteiger charge is 2.46. The molecule has 18 heavy (non-hydrogen) atoms. The van der Waals surface area contributed by atoms with Crippen LogP contribution in [-0.4, -0.2) is 20.7 Å². The third kappa shape index (κ3) is 2.15. The quantitative estimate of drug-likeness (QED) is 0.825. The van der Waals surface area contributed by atoms with Crippen LogP contribution < -0.4 is 0 Å². The summed E-state index contributed by atoms with van der Waals surface area (Å²) in [5.74, 6) is -2.73. The van der Waals surface area contributed by atoms with E-state index >= 15 is 0 Å². The number of halogens is 3. The van der Waals surface area contributed by atoms with Crippen LogP contribution in [0.4, 0.5) is 13.2 Å². The molecule has 0 aromatic carbocycles. The molecule has 0 bridgehead atoms. The van der Waals surface area contributed by atoms with E-state index in [4.69, 9.17) is 0 Å². The molecule has 100 valence electrons. The van der Waals surface area contributed by atoms with E-state index in [2.05, 4.69) is 16.7 Å². The van der Waals surface area contributed by atoms with Gasteiger partial charge in [0.2, 0.25) is 0 Å². The van der Waals surface area contributed by atoms with Crippen LogP contribution in [0.1, 0.15) is 57.0 Å². The molecule has 2 atom stereocenters. The first-order valence-electron chi connectivity index (χ1n) is 6.01. The van der Waals surface area contributed by atoms with Gasteiger partial charge in [-0.3, -0.25) is 0 Å². The Morgan fingerprint density at radius 2 is 2.22 bits per heavy atom. The van der Waals surface area contributed by atoms with E-state index in [0.717, 1.165) is 18.0 Å². The molecule has 1 aliphatic heterocycles. The lowest BCUT2D eigenvalue weighted by atomic mass is 10.1. The molecular weight excluding hydrogens is 243 g/mol. The molecule has 0 saturated carbocycles. The lowest BCUT2D eigenvalue weighted by Gasteiger charge is -2.18. The van der Waals surface area contributed by atoms with Gasteiger partial charge in [0, 0.05) is 13.3 Å². The van der Waals surface area contributed by atoms with Crippen LogP contribution in [0.25, 0.3) is 5.57 Å². The molecule has 1 aromatic heterocycles. The normalized spacial score (nSPS) is 23.2. The molecular formula is C12H16F3N3. The summed E-state index contributed by atoms with van der Waals surface area (Å²) in [4.78, 5) is 4.00. The molecule has 0 amide bonds. The lowest BCUT2D eigenvalue weighted by Crippen LogP contribution is -2.26. The maximum atomic E-state index is 13.7.